The van der Waals surface area contributed by atoms with E-state index < -0.39 is 5.82 Å². The van der Waals surface area contributed by atoms with E-state index in [1.807, 2.05) is 25.1 Å². The number of ether oxygens (including phenoxy) is 1. The Morgan fingerprint density at radius 2 is 2.11 bits per heavy atom. The first-order chi connectivity index (χ1) is 18.5. The van der Waals surface area contributed by atoms with Crippen LogP contribution in [0.25, 0.3) is 16.5 Å². The van der Waals surface area contributed by atoms with Gasteiger partial charge in [0.1, 0.15) is 11.6 Å². The number of carbonyl (C=O) groups is 1. The molecule has 2 aromatic heterocycles. The summed E-state index contributed by atoms with van der Waals surface area (Å²) in [5.41, 5.74) is 4.62. The molecule has 0 atom stereocenters. The van der Waals surface area contributed by atoms with Gasteiger partial charge in [0.15, 0.2) is 5.69 Å². The van der Waals surface area contributed by atoms with Crippen LogP contribution in [0.15, 0.2) is 83.6 Å². The number of benzene rings is 2. The second kappa shape index (κ2) is 11.2. The highest BCUT2D eigenvalue weighted by Gasteiger charge is 2.17. The second-order valence-corrected chi connectivity index (χ2v) is 9.07. The van der Waals surface area contributed by atoms with E-state index in [9.17, 15) is 9.18 Å². The van der Waals surface area contributed by atoms with Crippen LogP contribution in [0.1, 0.15) is 29.4 Å². The van der Waals surface area contributed by atoms with E-state index in [0.717, 1.165) is 41.9 Å². The van der Waals surface area contributed by atoms with Gasteiger partial charge < -0.3 is 10.1 Å². The number of aliphatic imine (C=N–C) groups is 1. The zero-order chi connectivity index (χ0) is 26.5. The number of pyridine rings is 1. The number of rotatable bonds is 9. The third kappa shape index (κ3) is 5.84. The van der Waals surface area contributed by atoms with E-state index in [1.165, 1.54) is 24.8 Å². The first-order valence-corrected chi connectivity index (χ1v) is 12.2. The molecule has 1 aliphatic heterocycles. The van der Waals surface area contributed by atoms with Gasteiger partial charge in [-0.25, -0.2) is 9.37 Å². The number of hydrogen-bond donors (Lipinski definition) is 2. The number of nitrogens with one attached hydrogen (secondary N) is 2. The number of carbonyl (C=O) groups excluding carboxylic acids is 1. The molecule has 5 rings (SSSR count). The summed E-state index contributed by atoms with van der Waals surface area (Å²) in [5, 5.41) is 10.7. The smallest absolute Gasteiger partial charge is 0.276 e. The van der Waals surface area contributed by atoms with Crippen molar-refractivity contribution < 1.29 is 13.9 Å². The molecular weight excluding hydrogens is 483 g/mol. The zero-order valence-corrected chi connectivity index (χ0v) is 20.9. The molecule has 1 saturated heterocycles. The maximum atomic E-state index is 13.4. The van der Waals surface area contributed by atoms with E-state index in [0.29, 0.717) is 16.8 Å². The van der Waals surface area contributed by atoms with Gasteiger partial charge in [0, 0.05) is 30.3 Å². The molecule has 1 fully saturated rings. The SMILES string of the molecule is C=N/C=C(\C=C(/C)c1ccc2[nH]nc(C(=O)Nc3ccc(Oc4cccc(F)c4)nc3)c2c1)CN1CCC1. The molecule has 192 valence electrons. The molecular formula is C29H27FN6O2. The van der Waals surface area contributed by atoms with Crippen LogP contribution >= 0.6 is 0 Å². The fourth-order valence-corrected chi connectivity index (χ4v) is 4.19. The summed E-state index contributed by atoms with van der Waals surface area (Å²) in [6.45, 7) is 8.66. The van der Waals surface area contributed by atoms with Crippen molar-refractivity contribution in [2.75, 3.05) is 25.0 Å². The van der Waals surface area contributed by atoms with Crippen molar-refractivity contribution in [3.05, 3.63) is 95.7 Å². The van der Waals surface area contributed by atoms with Crippen LogP contribution in [0.3, 0.4) is 0 Å². The average molecular weight is 511 g/mol. The van der Waals surface area contributed by atoms with Crippen molar-refractivity contribution in [2.24, 2.45) is 4.99 Å². The number of H-pyrrole nitrogens is 1. The van der Waals surface area contributed by atoms with Gasteiger partial charge >= 0.3 is 0 Å². The van der Waals surface area contributed by atoms with Crippen LogP contribution in [0, 0.1) is 5.82 Å². The Morgan fingerprint density at radius 1 is 1.24 bits per heavy atom. The predicted octanol–water partition coefficient (Wildman–Crippen LogP) is 5.84. The summed E-state index contributed by atoms with van der Waals surface area (Å²) in [7, 11) is 0. The van der Waals surface area contributed by atoms with E-state index in [4.69, 9.17) is 4.74 Å². The number of hydrogen-bond acceptors (Lipinski definition) is 6. The molecule has 0 unspecified atom stereocenters. The number of amides is 1. The molecule has 38 heavy (non-hydrogen) atoms. The molecule has 3 heterocycles. The first kappa shape index (κ1) is 25.0. The molecule has 0 bridgehead atoms. The van der Waals surface area contributed by atoms with Gasteiger partial charge in [-0.3, -0.25) is 19.8 Å². The Morgan fingerprint density at radius 3 is 2.82 bits per heavy atom. The molecule has 0 spiro atoms. The summed E-state index contributed by atoms with van der Waals surface area (Å²) in [4.78, 5) is 23.6. The zero-order valence-electron chi connectivity index (χ0n) is 20.9. The number of nitrogens with zero attached hydrogens (tertiary/aromatic N) is 4. The van der Waals surface area contributed by atoms with Crippen LogP contribution in [-0.2, 0) is 0 Å². The van der Waals surface area contributed by atoms with E-state index >= 15 is 0 Å². The number of anilines is 1. The van der Waals surface area contributed by atoms with Crippen LogP contribution in [0.4, 0.5) is 10.1 Å². The largest absolute Gasteiger partial charge is 0.439 e. The van der Waals surface area contributed by atoms with Crippen molar-refractivity contribution in [3.63, 3.8) is 0 Å². The predicted molar refractivity (Wildman–Crippen MR) is 147 cm³/mol. The molecule has 9 heteroatoms. The van der Waals surface area contributed by atoms with Gasteiger partial charge in [-0.05, 0) is 80.2 Å². The van der Waals surface area contributed by atoms with Gasteiger partial charge in [0.2, 0.25) is 5.88 Å². The molecule has 1 amide bonds. The van der Waals surface area contributed by atoms with Gasteiger partial charge in [-0.15, -0.1) is 0 Å². The Balaban J connectivity index is 1.31. The van der Waals surface area contributed by atoms with Crippen molar-refractivity contribution in [1.29, 1.82) is 0 Å². The molecule has 4 aromatic rings. The highest BCUT2D eigenvalue weighted by atomic mass is 19.1. The van der Waals surface area contributed by atoms with E-state index in [1.54, 1.807) is 30.5 Å². The Kier molecular flexibility index (Phi) is 7.37. The fraction of sp³-hybridized carbons (Fsp3) is 0.172. The number of likely N-dealkylation sites (tertiary alicyclic amines) is 1. The van der Waals surface area contributed by atoms with Gasteiger partial charge in [-0.1, -0.05) is 18.2 Å². The van der Waals surface area contributed by atoms with Crippen LogP contribution < -0.4 is 10.1 Å². The molecule has 0 radical (unpaired) electrons. The van der Waals surface area contributed by atoms with Crippen molar-refractivity contribution in [2.45, 2.75) is 13.3 Å². The number of allylic oxidation sites excluding steroid dienone is 1. The van der Waals surface area contributed by atoms with Gasteiger partial charge in [0.25, 0.3) is 5.91 Å². The second-order valence-electron chi connectivity index (χ2n) is 9.07. The Bertz CT molecular complexity index is 1540. The molecule has 2 aromatic carbocycles. The topological polar surface area (TPSA) is 95.5 Å². The quantitative estimate of drug-likeness (QED) is 0.218. The highest BCUT2D eigenvalue weighted by Crippen LogP contribution is 2.25. The maximum absolute atomic E-state index is 13.4. The number of halogens is 1. The number of aromatic nitrogens is 3. The lowest BCUT2D eigenvalue weighted by atomic mass is 10.0. The number of fused-ring (bicyclic) bond motifs is 1. The highest BCUT2D eigenvalue weighted by molar-refractivity contribution is 6.11. The summed E-state index contributed by atoms with van der Waals surface area (Å²) in [6, 6.07) is 14.9. The maximum Gasteiger partial charge on any atom is 0.276 e. The van der Waals surface area contributed by atoms with Crippen molar-refractivity contribution >= 4 is 34.8 Å². The molecule has 8 nitrogen and oxygen atoms in total. The van der Waals surface area contributed by atoms with E-state index in [-0.39, 0.29) is 17.5 Å². The average Bonchev–Trinajstić information content (AvgIpc) is 3.31. The summed E-state index contributed by atoms with van der Waals surface area (Å²) >= 11 is 0. The lowest BCUT2D eigenvalue weighted by Gasteiger charge is -2.30. The molecule has 0 saturated carbocycles. The minimum absolute atomic E-state index is 0.277. The minimum Gasteiger partial charge on any atom is -0.439 e. The number of aromatic amines is 1. The molecule has 1 aliphatic rings. The standard InChI is InChI=1S/C29H27FN6O2/c1-19(13-20(16-31-2)18-36-11-4-12-36)21-7-9-26-25(14-21)28(35-34-26)29(37)33-23-8-10-27(32-17-23)38-24-6-3-5-22(30)15-24/h3,5-10,13-17H,2,4,11-12,18H2,1H3,(H,33,37)(H,34,35)/b19-13+,20-16+. The lowest BCUT2D eigenvalue weighted by molar-refractivity contribution is 0.102. The van der Waals surface area contributed by atoms with Crippen LogP contribution in [0.5, 0.6) is 11.6 Å². The first-order valence-electron chi connectivity index (χ1n) is 12.2. The Labute approximate surface area is 219 Å². The lowest BCUT2D eigenvalue weighted by Crippen LogP contribution is -2.38. The Hall–Kier alpha value is -4.63. The molecule has 2 N–H and O–H groups in total. The monoisotopic (exact) mass is 510 g/mol. The van der Waals surface area contributed by atoms with Crippen molar-refractivity contribution in [1.82, 2.24) is 20.1 Å². The third-order valence-corrected chi connectivity index (χ3v) is 6.26. The van der Waals surface area contributed by atoms with Crippen molar-refractivity contribution in [3.8, 4) is 11.6 Å². The summed E-state index contributed by atoms with van der Waals surface area (Å²) in [5.74, 6) is -0.157. The normalized spacial score (nSPS) is 14.3. The molecule has 0 aliphatic carbocycles. The summed E-state index contributed by atoms with van der Waals surface area (Å²) in [6.07, 6.45) is 6.59. The van der Waals surface area contributed by atoms with Gasteiger partial charge in [-0.2, -0.15) is 5.10 Å². The van der Waals surface area contributed by atoms with Crippen LogP contribution in [0.2, 0.25) is 0 Å². The van der Waals surface area contributed by atoms with Crippen LogP contribution in [-0.4, -0.2) is 52.3 Å². The minimum atomic E-state index is -0.399. The third-order valence-electron chi connectivity index (χ3n) is 6.26. The van der Waals surface area contributed by atoms with E-state index in [2.05, 4.69) is 43.2 Å². The summed E-state index contributed by atoms with van der Waals surface area (Å²) < 4.78 is 18.9. The fourth-order valence-electron chi connectivity index (χ4n) is 4.19. The van der Waals surface area contributed by atoms with Gasteiger partial charge in [0.05, 0.1) is 17.4 Å².